The summed E-state index contributed by atoms with van der Waals surface area (Å²) < 4.78 is 10.9. The van der Waals surface area contributed by atoms with Crippen molar-refractivity contribution in [1.82, 2.24) is 4.98 Å². The van der Waals surface area contributed by atoms with E-state index in [0.717, 1.165) is 10.6 Å². The average molecular weight is 360 g/mol. The molecule has 0 fully saturated rings. The van der Waals surface area contributed by atoms with Crippen molar-refractivity contribution in [3.8, 4) is 22.1 Å². The lowest BCUT2D eigenvalue weighted by atomic mass is 10.2. The monoisotopic (exact) mass is 359 g/mol. The molecule has 0 aliphatic heterocycles. The van der Waals surface area contributed by atoms with Crippen LogP contribution in [-0.2, 0) is 0 Å². The molecule has 3 aromatic rings. The van der Waals surface area contributed by atoms with E-state index in [0.29, 0.717) is 23.1 Å². The number of hydrogen-bond acceptors (Lipinski definition) is 5. The summed E-state index contributed by atoms with van der Waals surface area (Å²) in [4.78, 5) is 16.7. The van der Waals surface area contributed by atoms with Gasteiger partial charge in [-0.05, 0) is 31.2 Å². The fraction of sp³-hybridized carbons (Fsp3) is 0.111. The molecule has 1 heterocycles. The van der Waals surface area contributed by atoms with Crippen molar-refractivity contribution >= 4 is 28.9 Å². The van der Waals surface area contributed by atoms with Crippen LogP contribution < -0.4 is 9.47 Å². The van der Waals surface area contributed by atoms with Crippen molar-refractivity contribution in [3.05, 3.63) is 64.6 Å². The Labute approximate surface area is 148 Å². The molecule has 0 radical (unpaired) electrons. The van der Waals surface area contributed by atoms with Gasteiger partial charge in [0.15, 0.2) is 17.2 Å². The zero-order valence-electron chi connectivity index (χ0n) is 12.9. The summed E-state index contributed by atoms with van der Waals surface area (Å²) in [7, 11) is 0. The highest BCUT2D eigenvalue weighted by atomic mass is 35.5. The van der Waals surface area contributed by atoms with E-state index in [1.54, 1.807) is 35.7 Å². The number of para-hydroxylation sites is 2. The molecule has 0 atom stereocenters. The molecule has 24 heavy (non-hydrogen) atoms. The number of rotatable bonds is 5. The summed E-state index contributed by atoms with van der Waals surface area (Å²) in [5.41, 5.74) is 1.16. The molecular weight excluding hydrogens is 346 g/mol. The summed E-state index contributed by atoms with van der Waals surface area (Å²) in [6.07, 6.45) is 0. The van der Waals surface area contributed by atoms with E-state index in [9.17, 15) is 4.79 Å². The van der Waals surface area contributed by atoms with Gasteiger partial charge in [0.1, 0.15) is 5.01 Å². The Hall–Kier alpha value is -2.37. The van der Waals surface area contributed by atoms with Crippen LogP contribution in [0.2, 0.25) is 5.02 Å². The van der Waals surface area contributed by atoms with Gasteiger partial charge in [-0.2, -0.15) is 0 Å². The van der Waals surface area contributed by atoms with E-state index in [-0.39, 0.29) is 5.69 Å². The number of nitrogens with zero attached hydrogens (tertiary/aromatic N) is 1. The Morgan fingerprint density at radius 1 is 1.12 bits per heavy atom. The maximum atomic E-state index is 12.3. The lowest BCUT2D eigenvalue weighted by molar-refractivity contribution is 0.0723. The van der Waals surface area contributed by atoms with Gasteiger partial charge in [0, 0.05) is 16.0 Å². The molecule has 0 spiro atoms. The maximum absolute atomic E-state index is 12.3. The van der Waals surface area contributed by atoms with Crippen LogP contribution in [0.15, 0.2) is 53.9 Å². The number of halogens is 1. The zero-order valence-corrected chi connectivity index (χ0v) is 14.4. The van der Waals surface area contributed by atoms with Gasteiger partial charge in [-0.1, -0.05) is 35.9 Å². The highest BCUT2D eigenvalue weighted by Crippen LogP contribution is 2.29. The van der Waals surface area contributed by atoms with E-state index in [1.165, 1.54) is 11.3 Å². The molecule has 0 saturated carbocycles. The second-order valence-corrected chi connectivity index (χ2v) is 6.11. The summed E-state index contributed by atoms with van der Waals surface area (Å²) >= 11 is 7.26. The first-order valence-electron chi connectivity index (χ1n) is 7.33. The average Bonchev–Trinajstić information content (AvgIpc) is 3.08. The van der Waals surface area contributed by atoms with Crippen LogP contribution in [0.4, 0.5) is 0 Å². The predicted molar refractivity (Wildman–Crippen MR) is 95.1 cm³/mol. The smallest absolute Gasteiger partial charge is 0.363 e. The van der Waals surface area contributed by atoms with E-state index >= 15 is 0 Å². The van der Waals surface area contributed by atoms with Gasteiger partial charge in [0.2, 0.25) is 0 Å². The second kappa shape index (κ2) is 7.47. The Balaban J connectivity index is 1.78. The SMILES string of the molecule is CCOc1ccccc1OC(=O)c1csc(-c2ccc(Cl)cc2)n1. The number of thiazole rings is 1. The Morgan fingerprint density at radius 3 is 2.54 bits per heavy atom. The van der Waals surface area contributed by atoms with E-state index in [1.807, 2.05) is 25.1 Å². The molecule has 6 heteroatoms. The predicted octanol–water partition coefficient (Wildman–Crippen LogP) is 5.08. The topological polar surface area (TPSA) is 48.4 Å². The van der Waals surface area contributed by atoms with Gasteiger partial charge in [-0.15, -0.1) is 11.3 Å². The van der Waals surface area contributed by atoms with E-state index < -0.39 is 5.97 Å². The Morgan fingerprint density at radius 2 is 1.83 bits per heavy atom. The molecule has 1 aromatic heterocycles. The fourth-order valence-corrected chi connectivity index (χ4v) is 2.98. The maximum Gasteiger partial charge on any atom is 0.363 e. The lowest BCUT2D eigenvalue weighted by Gasteiger charge is -2.09. The molecule has 2 aromatic carbocycles. The number of aromatic nitrogens is 1. The van der Waals surface area contributed by atoms with Crippen molar-refractivity contribution in [2.24, 2.45) is 0 Å². The van der Waals surface area contributed by atoms with E-state index in [2.05, 4.69) is 4.98 Å². The summed E-state index contributed by atoms with van der Waals surface area (Å²) in [6, 6.07) is 14.3. The summed E-state index contributed by atoms with van der Waals surface area (Å²) in [6.45, 7) is 2.36. The van der Waals surface area contributed by atoms with Gasteiger partial charge in [-0.25, -0.2) is 9.78 Å². The van der Waals surface area contributed by atoms with Crippen molar-refractivity contribution in [2.45, 2.75) is 6.92 Å². The molecule has 3 rings (SSSR count). The molecule has 122 valence electrons. The molecular formula is C18H14ClNO3S. The van der Waals surface area contributed by atoms with Crippen molar-refractivity contribution < 1.29 is 14.3 Å². The van der Waals surface area contributed by atoms with Gasteiger partial charge in [-0.3, -0.25) is 0 Å². The van der Waals surface area contributed by atoms with Crippen LogP contribution in [0.5, 0.6) is 11.5 Å². The normalized spacial score (nSPS) is 10.4. The van der Waals surface area contributed by atoms with Crippen molar-refractivity contribution in [1.29, 1.82) is 0 Å². The zero-order chi connectivity index (χ0) is 16.9. The van der Waals surface area contributed by atoms with Crippen LogP contribution >= 0.6 is 22.9 Å². The van der Waals surface area contributed by atoms with Crippen LogP contribution in [0.3, 0.4) is 0 Å². The van der Waals surface area contributed by atoms with Crippen LogP contribution in [-0.4, -0.2) is 17.6 Å². The van der Waals surface area contributed by atoms with Gasteiger partial charge in [0.25, 0.3) is 0 Å². The molecule has 0 bridgehead atoms. The lowest BCUT2D eigenvalue weighted by Crippen LogP contribution is -2.10. The Kier molecular flexibility index (Phi) is 5.13. The molecule has 0 unspecified atom stereocenters. The minimum atomic E-state index is -0.515. The number of carbonyl (C=O) groups is 1. The van der Waals surface area contributed by atoms with Gasteiger partial charge in [0.05, 0.1) is 6.61 Å². The molecule has 0 aliphatic carbocycles. The summed E-state index contributed by atoms with van der Waals surface area (Å²) in [5, 5.41) is 3.06. The fourth-order valence-electron chi connectivity index (χ4n) is 2.05. The van der Waals surface area contributed by atoms with Gasteiger partial charge < -0.3 is 9.47 Å². The third kappa shape index (κ3) is 3.75. The van der Waals surface area contributed by atoms with Gasteiger partial charge >= 0.3 is 5.97 Å². The molecule has 4 nitrogen and oxygen atoms in total. The highest BCUT2D eigenvalue weighted by molar-refractivity contribution is 7.13. The van der Waals surface area contributed by atoms with Crippen molar-refractivity contribution in [2.75, 3.05) is 6.61 Å². The quantitative estimate of drug-likeness (QED) is 0.470. The molecule has 0 amide bonds. The molecule has 0 saturated heterocycles. The van der Waals surface area contributed by atoms with Crippen LogP contribution in [0, 0.1) is 0 Å². The number of benzene rings is 2. The second-order valence-electron chi connectivity index (χ2n) is 4.81. The van der Waals surface area contributed by atoms with E-state index in [4.69, 9.17) is 21.1 Å². The van der Waals surface area contributed by atoms with Crippen LogP contribution in [0.1, 0.15) is 17.4 Å². The largest absolute Gasteiger partial charge is 0.490 e. The number of hydrogen-bond donors (Lipinski definition) is 0. The minimum absolute atomic E-state index is 0.260. The number of ether oxygens (including phenoxy) is 2. The number of esters is 1. The molecule has 0 N–H and O–H groups in total. The highest BCUT2D eigenvalue weighted by Gasteiger charge is 2.16. The summed E-state index contributed by atoms with van der Waals surface area (Å²) in [5.74, 6) is 0.394. The van der Waals surface area contributed by atoms with Crippen LogP contribution in [0.25, 0.3) is 10.6 Å². The van der Waals surface area contributed by atoms with Crippen molar-refractivity contribution in [3.63, 3.8) is 0 Å². The standard InChI is InChI=1S/C18H14ClNO3S/c1-2-22-15-5-3-4-6-16(15)23-18(21)14-11-24-17(20-14)12-7-9-13(19)10-8-12/h3-11H,2H2,1H3. The third-order valence-corrected chi connectivity index (χ3v) is 4.30. The number of carbonyl (C=O) groups excluding carboxylic acids is 1. The first-order chi connectivity index (χ1) is 11.7. The third-order valence-electron chi connectivity index (χ3n) is 3.16. The molecule has 0 aliphatic rings. The minimum Gasteiger partial charge on any atom is -0.490 e. The Bertz CT molecular complexity index is 845. The first kappa shape index (κ1) is 16.5. The first-order valence-corrected chi connectivity index (χ1v) is 8.58.